The first-order valence-corrected chi connectivity index (χ1v) is 6.22. The lowest BCUT2D eigenvalue weighted by atomic mass is 10.2. The lowest BCUT2D eigenvalue weighted by Crippen LogP contribution is -2.44. The summed E-state index contributed by atoms with van der Waals surface area (Å²) in [5.74, 6) is 1.68. The Balaban J connectivity index is 1.58. The molecule has 1 aromatic rings. The van der Waals surface area contributed by atoms with Crippen LogP contribution >= 0.6 is 0 Å². The van der Waals surface area contributed by atoms with Gasteiger partial charge in [0.1, 0.15) is 0 Å². The van der Waals surface area contributed by atoms with E-state index in [1.165, 1.54) is 24.8 Å². The molecule has 0 aromatic carbocycles. The lowest BCUT2D eigenvalue weighted by molar-refractivity contribution is 0.571. The van der Waals surface area contributed by atoms with Crippen molar-refractivity contribution >= 4 is 5.95 Å². The predicted molar refractivity (Wildman–Crippen MR) is 61.5 cm³/mol. The van der Waals surface area contributed by atoms with Crippen LogP contribution in [0.3, 0.4) is 0 Å². The summed E-state index contributed by atoms with van der Waals surface area (Å²) in [5.41, 5.74) is 1.33. The molecule has 84 valence electrons. The third kappa shape index (κ3) is 1.33. The van der Waals surface area contributed by atoms with E-state index in [0.29, 0.717) is 12.1 Å². The molecule has 16 heavy (non-hydrogen) atoms. The van der Waals surface area contributed by atoms with Crippen LogP contribution in [0.4, 0.5) is 5.95 Å². The summed E-state index contributed by atoms with van der Waals surface area (Å²) < 4.78 is 0. The van der Waals surface area contributed by atoms with Crippen molar-refractivity contribution in [2.45, 2.75) is 37.3 Å². The van der Waals surface area contributed by atoms with Gasteiger partial charge < -0.3 is 10.2 Å². The Bertz CT molecular complexity index is 398. The number of rotatable bonds is 2. The first kappa shape index (κ1) is 8.93. The topological polar surface area (TPSA) is 41.1 Å². The Morgan fingerprint density at radius 2 is 2.06 bits per heavy atom. The van der Waals surface area contributed by atoms with Gasteiger partial charge in [0.05, 0.1) is 0 Å². The maximum atomic E-state index is 4.53. The molecule has 4 heteroatoms. The van der Waals surface area contributed by atoms with E-state index in [9.17, 15) is 0 Å². The second-order valence-corrected chi connectivity index (χ2v) is 5.24. The Kier molecular flexibility index (Phi) is 1.77. The van der Waals surface area contributed by atoms with Crippen molar-refractivity contribution in [3.05, 3.63) is 18.0 Å². The minimum atomic E-state index is 0.622. The van der Waals surface area contributed by atoms with Gasteiger partial charge >= 0.3 is 0 Å². The van der Waals surface area contributed by atoms with Gasteiger partial charge in [-0.2, -0.15) is 0 Å². The van der Waals surface area contributed by atoms with Crippen LogP contribution in [-0.2, 0) is 0 Å². The molecule has 0 spiro atoms. The normalized spacial score (nSPS) is 32.4. The van der Waals surface area contributed by atoms with Crippen LogP contribution in [0.2, 0.25) is 0 Å². The van der Waals surface area contributed by atoms with Crippen LogP contribution in [0.5, 0.6) is 0 Å². The standard InChI is InChI=1S/C12H16N4/c1-2-8(1)9-4-14-12(15-5-9)16-7-10-3-11(16)6-13-10/h4-5,8,10-11,13H,1-3,6-7H2. The lowest BCUT2D eigenvalue weighted by Gasteiger charge is -2.27. The third-order valence-corrected chi connectivity index (χ3v) is 4.02. The monoisotopic (exact) mass is 216 g/mol. The number of piperazine rings is 1. The van der Waals surface area contributed by atoms with Crippen molar-refractivity contribution in [3.63, 3.8) is 0 Å². The molecule has 2 bridgehead atoms. The van der Waals surface area contributed by atoms with E-state index in [1.807, 2.05) is 12.4 Å². The molecule has 4 rings (SSSR count). The smallest absolute Gasteiger partial charge is 0.225 e. The van der Waals surface area contributed by atoms with Gasteiger partial charge in [-0.25, -0.2) is 9.97 Å². The molecule has 1 N–H and O–H groups in total. The molecule has 1 saturated carbocycles. The molecule has 3 heterocycles. The zero-order valence-corrected chi connectivity index (χ0v) is 9.26. The summed E-state index contributed by atoms with van der Waals surface area (Å²) >= 11 is 0. The fraction of sp³-hybridized carbons (Fsp3) is 0.667. The highest BCUT2D eigenvalue weighted by molar-refractivity contribution is 5.37. The van der Waals surface area contributed by atoms with Gasteiger partial charge in [-0.05, 0) is 30.7 Å². The summed E-state index contributed by atoms with van der Waals surface area (Å²) in [6.45, 7) is 2.17. The summed E-state index contributed by atoms with van der Waals surface area (Å²) in [6.07, 6.45) is 7.95. The first-order chi connectivity index (χ1) is 7.90. The average Bonchev–Trinajstić information content (AvgIpc) is 2.98. The molecule has 2 saturated heterocycles. The van der Waals surface area contributed by atoms with E-state index < -0.39 is 0 Å². The molecule has 4 nitrogen and oxygen atoms in total. The van der Waals surface area contributed by atoms with Crippen molar-refractivity contribution in [1.82, 2.24) is 15.3 Å². The van der Waals surface area contributed by atoms with E-state index in [0.717, 1.165) is 25.0 Å². The third-order valence-electron chi connectivity index (χ3n) is 4.02. The Hall–Kier alpha value is -1.16. The van der Waals surface area contributed by atoms with Crippen LogP contribution in [0.25, 0.3) is 0 Å². The van der Waals surface area contributed by atoms with Gasteiger partial charge in [0.25, 0.3) is 0 Å². The quantitative estimate of drug-likeness (QED) is 0.797. The highest BCUT2D eigenvalue weighted by atomic mass is 15.3. The zero-order valence-electron chi connectivity index (χ0n) is 9.26. The largest absolute Gasteiger partial charge is 0.335 e. The van der Waals surface area contributed by atoms with E-state index in [4.69, 9.17) is 0 Å². The van der Waals surface area contributed by atoms with Crippen LogP contribution < -0.4 is 10.2 Å². The maximum Gasteiger partial charge on any atom is 0.225 e. The molecule has 2 aliphatic heterocycles. The van der Waals surface area contributed by atoms with Crippen LogP contribution in [0.1, 0.15) is 30.7 Å². The van der Waals surface area contributed by atoms with Gasteiger partial charge in [-0.3, -0.25) is 0 Å². The Labute approximate surface area is 95.1 Å². The number of nitrogens with zero attached hydrogens (tertiary/aromatic N) is 3. The number of aromatic nitrogens is 2. The molecule has 2 atom stereocenters. The predicted octanol–water partition coefficient (Wildman–Crippen LogP) is 0.904. The summed E-state index contributed by atoms with van der Waals surface area (Å²) in [5, 5.41) is 3.50. The maximum absolute atomic E-state index is 4.53. The van der Waals surface area contributed by atoms with Crippen LogP contribution in [-0.4, -0.2) is 35.1 Å². The van der Waals surface area contributed by atoms with Gasteiger partial charge in [-0.1, -0.05) is 0 Å². The number of fused-ring (bicyclic) bond motifs is 2. The van der Waals surface area contributed by atoms with Gasteiger partial charge in [0.15, 0.2) is 0 Å². The molecule has 3 aliphatic rings. The second kappa shape index (κ2) is 3.17. The highest BCUT2D eigenvalue weighted by Crippen LogP contribution is 2.39. The summed E-state index contributed by atoms with van der Waals surface area (Å²) in [6, 6.07) is 1.29. The zero-order chi connectivity index (χ0) is 10.5. The number of nitrogens with one attached hydrogen (secondary N) is 1. The van der Waals surface area contributed by atoms with E-state index in [1.54, 1.807) is 0 Å². The molecule has 2 unspecified atom stereocenters. The minimum Gasteiger partial charge on any atom is -0.335 e. The second-order valence-electron chi connectivity index (χ2n) is 5.24. The van der Waals surface area contributed by atoms with Crippen molar-refractivity contribution in [2.75, 3.05) is 18.0 Å². The van der Waals surface area contributed by atoms with Gasteiger partial charge in [-0.15, -0.1) is 0 Å². The molecule has 3 fully saturated rings. The molecular formula is C12H16N4. The number of anilines is 1. The van der Waals surface area contributed by atoms with E-state index in [2.05, 4.69) is 20.2 Å². The average molecular weight is 216 g/mol. The van der Waals surface area contributed by atoms with Crippen LogP contribution in [0.15, 0.2) is 12.4 Å². The van der Waals surface area contributed by atoms with Crippen molar-refractivity contribution < 1.29 is 0 Å². The molecule has 1 aliphatic carbocycles. The summed E-state index contributed by atoms with van der Waals surface area (Å²) in [7, 11) is 0. The fourth-order valence-corrected chi connectivity index (χ4v) is 2.91. The van der Waals surface area contributed by atoms with Crippen molar-refractivity contribution in [1.29, 1.82) is 0 Å². The molecule has 1 aromatic heterocycles. The fourth-order valence-electron chi connectivity index (χ4n) is 2.91. The van der Waals surface area contributed by atoms with E-state index >= 15 is 0 Å². The van der Waals surface area contributed by atoms with Gasteiger partial charge in [0.2, 0.25) is 5.95 Å². The SMILES string of the molecule is c1nc(N2CC3CC2CN3)ncc1C1CC1. The van der Waals surface area contributed by atoms with Crippen molar-refractivity contribution in [2.24, 2.45) is 0 Å². The van der Waals surface area contributed by atoms with Crippen molar-refractivity contribution in [3.8, 4) is 0 Å². The first-order valence-electron chi connectivity index (χ1n) is 6.22. The Morgan fingerprint density at radius 1 is 1.25 bits per heavy atom. The summed E-state index contributed by atoms with van der Waals surface area (Å²) in [4.78, 5) is 11.4. The number of hydrogen-bond acceptors (Lipinski definition) is 4. The molecular weight excluding hydrogens is 200 g/mol. The highest BCUT2D eigenvalue weighted by Gasteiger charge is 2.38. The minimum absolute atomic E-state index is 0.622. The van der Waals surface area contributed by atoms with E-state index in [-0.39, 0.29) is 0 Å². The number of hydrogen-bond donors (Lipinski definition) is 1. The molecule has 0 amide bonds. The van der Waals surface area contributed by atoms with Gasteiger partial charge in [0, 0.05) is 37.6 Å². The Morgan fingerprint density at radius 3 is 2.62 bits per heavy atom. The van der Waals surface area contributed by atoms with Crippen LogP contribution in [0, 0.1) is 0 Å². The molecule has 0 radical (unpaired) electrons.